The van der Waals surface area contributed by atoms with Crippen molar-refractivity contribution in [3.63, 3.8) is 0 Å². The predicted molar refractivity (Wildman–Crippen MR) is 58.8 cm³/mol. The largest absolute Gasteiger partial charge is 0.296 e. The minimum Gasteiger partial charge on any atom is -0.296 e. The summed E-state index contributed by atoms with van der Waals surface area (Å²) in [6.45, 7) is 6.52. The first kappa shape index (κ1) is 9.97. The molecule has 0 aliphatic carbocycles. The summed E-state index contributed by atoms with van der Waals surface area (Å²) in [5, 5.41) is 0. The molecular formula is C12H17N. The molecule has 0 fully saturated rings. The zero-order chi connectivity index (χ0) is 9.84. The highest BCUT2D eigenvalue weighted by Gasteiger charge is 2.01. The summed E-state index contributed by atoms with van der Waals surface area (Å²) in [5.41, 5.74) is 3.89. The number of aliphatic imine (C=N–C) groups is 1. The van der Waals surface area contributed by atoms with Crippen molar-refractivity contribution in [2.75, 3.05) is 7.05 Å². The van der Waals surface area contributed by atoms with Crippen LogP contribution in [0.3, 0.4) is 0 Å². The van der Waals surface area contributed by atoms with Gasteiger partial charge < -0.3 is 0 Å². The molecule has 70 valence electrons. The number of hydrogen-bond donors (Lipinski definition) is 0. The lowest BCUT2D eigenvalue weighted by Crippen LogP contribution is -1.92. The van der Waals surface area contributed by atoms with Crippen LogP contribution in [0.5, 0.6) is 0 Å². The Balaban J connectivity index is 3.11. The maximum atomic E-state index is 4.04. The van der Waals surface area contributed by atoms with E-state index in [1.54, 1.807) is 0 Å². The predicted octanol–water partition coefficient (Wildman–Crippen LogP) is 3.17. The van der Waals surface area contributed by atoms with E-state index < -0.39 is 0 Å². The quantitative estimate of drug-likeness (QED) is 0.612. The molecule has 1 nitrogen and oxygen atoms in total. The molecule has 0 aliphatic heterocycles. The highest BCUT2D eigenvalue weighted by atomic mass is 14.6. The Kier molecular flexibility index (Phi) is 3.24. The molecule has 0 N–H and O–H groups in total. The van der Waals surface area contributed by atoms with Crippen LogP contribution in [0.15, 0.2) is 23.2 Å². The average molecular weight is 175 g/mol. The van der Waals surface area contributed by atoms with E-state index in [1.165, 1.54) is 16.7 Å². The Morgan fingerprint density at radius 2 is 2.00 bits per heavy atom. The number of hydrogen-bond acceptors (Lipinski definition) is 1. The molecule has 0 spiro atoms. The van der Waals surface area contributed by atoms with Crippen LogP contribution in [-0.2, 0) is 0 Å². The van der Waals surface area contributed by atoms with E-state index in [2.05, 4.69) is 44.0 Å². The van der Waals surface area contributed by atoms with Crippen molar-refractivity contribution in [2.24, 2.45) is 4.99 Å². The lowest BCUT2D eigenvalue weighted by Gasteiger charge is -2.07. The maximum absolute atomic E-state index is 4.04. The lowest BCUT2D eigenvalue weighted by molar-refractivity contribution is 0.865. The third-order valence-electron chi connectivity index (χ3n) is 2.24. The van der Waals surface area contributed by atoms with Crippen LogP contribution in [0.4, 0.5) is 0 Å². The first-order valence-corrected chi connectivity index (χ1v) is 4.68. The molecule has 0 atom stereocenters. The van der Waals surface area contributed by atoms with Gasteiger partial charge in [0.05, 0.1) is 0 Å². The highest BCUT2D eigenvalue weighted by Crippen LogP contribution is 2.17. The van der Waals surface area contributed by atoms with Gasteiger partial charge in [-0.15, -0.1) is 0 Å². The van der Waals surface area contributed by atoms with Crippen LogP contribution in [0.2, 0.25) is 0 Å². The number of rotatable bonds is 2. The first-order chi connectivity index (χ1) is 6.15. The Morgan fingerprint density at radius 3 is 2.54 bits per heavy atom. The van der Waals surface area contributed by atoms with Crippen LogP contribution < -0.4 is 0 Å². The fourth-order valence-corrected chi connectivity index (χ4v) is 1.30. The number of benzene rings is 1. The minimum atomic E-state index is 0.588. The van der Waals surface area contributed by atoms with Gasteiger partial charge in [0.25, 0.3) is 0 Å². The minimum absolute atomic E-state index is 0.588. The molecule has 0 aromatic heterocycles. The summed E-state index contributed by atoms with van der Waals surface area (Å²) in [7, 11) is 1.81. The Bertz CT molecular complexity index is 311. The lowest BCUT2D eigenvalue weighted by atomic mass is 9.98. The van der Waals surface area contributed by atoms with Gasteiger partial charge in [-0.1, -0.05) is 26.0 Å². The van der Waals surface area contributed by atoms with E-state index in [0.29, 0.717) is 5.92 Å². The second-order valence-corrected chi connectivity index (χ2v) is 3.66. The zero-order valence-corrected chi connectivity index (χ0v) is 8.83. The van der Waals surface area contributed by atoms with Crippen LogP contribution in [0, 0.1) is 6.92 Å². The van der Waals surface area contributed by atoms with E-state index in [0.717, 1.165) is 0 Å². The number of nitrogens with zero attached hydrogens (tertiary/aromatic N) is 1. The summed E-state index contributed by atoms with van der Waals surface area (Å²) in [6.07, 6.45) is 1.92. The Hall–Kier alpha value is -1.11. The Morgan fingerprint density at radius 1 is 1.31 bits per heavy atom. The van der Waals surface area contributed by atoms with Gasteiger partial charge in [0.2, 0.25) is 0 Å². The summed E-state index contributed by atoms with van der Waals surface area (Å²) in [4.78, 5) is 4.04. The van der Waals surface area contributed by atoms with Gasteiger partial charge in [-0.25, -0.2) is 0 Å². The van der Waals surface area contributed by atoms with Crippen molar-refractivity contribution in [1.82, 2.24) is 0 Å². The van der Waals surface area contributed by atoms with Crippen molar-refractivity contribution in [2.45, 2.75) is 26.7 Å². The molecular weight excluding hydrogens is 158 g/mol. The van der Waals surface area contributed by atoms with Crippen LogP contribution >= 0.6 is 0 Å². The molecule has 13 heavy (non-hydrogen) atoms. The van der Waals surface area contributed by atoms with Gasteiger partial charge in [-0.2, -0.15) is 0 Å². The highest BCUT2D eigenvalue weighted by molar-refractivity contribution is 5.81. The van der Waals surface area contributed by atoms with Crippen LogP contribution in [-0.4, -0.2) is 13.3 Å². The van der Waals surface area contributed by atoms with Crippen LogP contribution in [0.25, 0.3) is 0 Å². The molecule has 0 bridgehead atoms. The molecule has 1 aromatic carbocycles. The van der Waals surface area contributed by atoms with Gasteiger partial charge in [0.1, 0.15) is 0 Å². The van der Waals surface area contributed by atoms with Crippen molar-refractivity contribution in [3.8, 4) is 0 Å². The zero-order valence-electron chi connectivity index (χ0n) is 8.83. The molecule has 1 aromatic rings. The molecule has 0 amide bonds. The van der Waals surface area contributed by atoms with Gasteiger partial charge in [-0.05, 0) is 35.6 Å². The molecule has 0 aliphatic rings. The second kappa shape index (κ2) is 4.22. The topological polar surface area (TPSA) is 12.4 Å². The van der Waals surface area contributed by atoms with Crippen molar-refractivity contribution >= 4 is 6.21 Å². The van der Waals surface area contributed by atoms with E-state index >= 15 is 0 Å². The third-order valence-corrected chi connectivity index (χ3v) is 2.24. The van der Waals surface area contributed by atoms with Gasteiger partial charge in [0.15, 0.2) is 0 Å². The first-order valence-electron chi connectivity index (χ1n) is 4.68. The summed E-state index contributed by atoms with van der Waals surface area (Å²) in [6, 6.07) is 6.56. The normalized spacial score (nSPS) is 11.5. The van der Waals surface area contributed by atoms with E-state index in [9.17, 15) is 0 Å². The maximum Gasteiger partial charge on any atom is 0.0284 e. The molecule has 1 rings (SSSR count). The fraction of sp³-hybridized carbons (Fsp3) is 0.417. The molecule has 0 unspecified atom stereocenters. The van der Waals surface area contributed by atoms with E-state index in [4.69, 9.17) is 0 Å². The third kappa shape index (κ3) is 2.41. The van der Waals surface area contributed by atoms with Gasteiger partial charge in [0, 0.05) is 13.3 Å². The Labute approximate surface area is 80.5 Å². The van der Waals surface area contributed by atoms with Crippen LogP contribution in [0.1, 0.15) is 36.5 Å². The molecule has 1 heteroatoms. The standard InChI is InChI=1S/C12H17N/c1-9(2)11-6-5-10(3)12(7-11)8-13-4/h5-9H,1-4H3. The molecule has 0 radical (unpaired) electrons. The molecule has 0 heterocycles. The monoisotopic (exact) mass is 175 g/mol. The average Bonchev–Trinajstić information content (AvgIpc) is 2.08. The SMILES string of the molecule is CN=Cc1cc(C(C)C)ccc1C. The molecule has 0 saturated heterocycles. The van der Waals surface area contributed by atoms with Gasteiger partial charge in [-0.3, -0.25) is 4.99 Å². The van der Waals surface area contributed by atoms with Gasteiger partial charge >= 0.3 is 0 Å². The summed E-state index contributed by atoms with van der Waals surface area (Å²) in [5.74, 6) is 0.588. The smallest absolute Gasteiger partial charge is 0.0284 e. The summed E-state index contributed by atoms with van der Waals surface area (Å²) < 4.78 is 0. The summed E-state index contributed by atoms with van der Waals surface area (Å²) >= 11 is 0. The fourth-order valence-electron chi connectivity index (χ4n) is 1.30. The number of aryl methyl sites for hydroxylation is 1. The van der Waals surface area contributed by atoms with E-state index in [1.807, 2.05) is 13.3 Å². The van der Waals surface area contributed by atoms with Crippen molar-refractivity contribution < 1.29 is 0 Å². The second-order valence-electron chi connectivity index (χ2n) is 3.66. The molecule has 0 saturated carbocycles. The van der Waals surface area contributed by atoms with Crippen molar-refractivity contribution in [3.05, 3.63) is 34.9 Å². The van der Waals surface area contributed by atoms with E-state index in [-0.39, 0.29) is 0 Å². The van der Waals surface area contributed by atoms with Crippen molar-refractivity contribution in [1.29, 1.82) is 0 Å².